The van der Waals surface area contributed by atoms with Crippen LogP contribution < -0.4 is 5.32 Å². The molecule has 100 valence electrons. The Morgan fingerprint density at radius 2 is 2.20 bits per heavy atom. The van der Waals surface area contributed by atoms with Crippen LogP contribution in [-0.2, 0) is 0 Å². The van der Waals surface area contributed by atoms with Gasteiger partial charge < -0.3 is 14.9 Å². The summed E-state index contributed by atoms with van der Waals surface area (Å²) in [6.07, 6.45) is 0. The van der Waals surface area contributed by atoms with E-state index in [1.54, 1.807) is 25.1 Å². The molecule has 0 aliphatic heterocycles. The first kappa shape index (κ1) is 13.3. The van der Waals surface area contributed by atoms with E-state index in [2.05, 4.69) is 15.0 Å². The zero-order chi connectivity index (χ0) is 14.7. The Kier molecular flexibility index (Phi) is 3.48. The molecular formula is C13H9N3O4. The molecule has 0 unspecified atom stereocenters. The third-order valence-corrected chi connectivity index (χ3v) is 2.59. The van der Waals surface area contributed by atoms with E-state index in [9.17, 15) is 9.59 Å². The van der Waals surface area contributed by atoms with Crippen molar-refractivity contribution < 1.29 is 19.2 Å². The van der Waals surface area contributed by atoms with E-state index in [1.807, 2.05) is 6.07 Å². The number of nitriles is 1. The number of carbonyl (C=O) groups excluding carboxylic acids is 1. The van der Waals surface area contributed by atoms with Crippen molar-refractivity contribution in [2.75, 3.05) is 5.32 Å². The Hall–Kier alpha value is -3.14. The highest BCUT2D eigenvalue weighted by atomic mass is 16.5. The van der Waals surface area contributed by atoms with Gasteiger partial charge in [0, 0.05) is 6.07 Å². The van der Waals surface area contributed by atoms with Gasteiger partial charge in [-0.05, 0) is 18.6 Å². The van der Waals surface area contributed by atoms with Crippen LogP contribution in [0.15, 0.2) is 28.8 Å². The Balaban J connectivity index is 2.26. The van der Waals surface area contributed by atoms with E-state index in [1.165, 1.54) is 0 Å². The standard InChI is InChI=1S/C13H9N3O4/c1-7-3-2-4-9(8(7)6-14)15-12(17)10-5-11(13(18)19)20-16-10/h2-5H,1H3,(H,15,17)(H,18,19). The van der Waals surface area contributed by atoms with Crippen molar-refractivity contribution >= 4 is 17.6 Å². The molecule has 0 saturated heterocycles. The molecule has 0 aliphatic rings. The fourth-order valence-corrected chi connectivity index (χ4v) is 1.59. The summed E-state index contributed by atoms with van der Waals surface area (Å²) in [5, 5.41) is 23.6. The van der Waals surface area contributed by atoms with Crippen molar-refractivity contribution in [3.8, 4) is 6.07 Å². The molecule has 1 aromatic heterocycles. The molecule has 0 fully saturated rings. The molecule has 1 heterocycles. The molecule has 0 radical (unpaired) electrons. The van der Waals surface area contributed by atoms with Gasteiger partial charge in [0.1, 0.15) is 6.07 Å². The molecule has 0 atom stereocenters. The van der Waals surface area contributed by atoms with E-state index < -0.39 is 17.6 Å². The summed E-state index contributed by atoms with van der Waals surface area (Å²) < 4.78 is 4.49. The number of amides is 1. The van der Waals surface area contributed by atoms with Crippen molar-refractivity contribution in [3.63, 3.8) is 0 Å². The number of benzene rings is 1. The van der Waals surface area contributed by atoms with E-state index in [0.717, 1.165) is 11.6 Å². The second-order valence-corrected chi connectivity index (χ2v) is 3.94. The highest BCUT2D eigenvalue weighted by Crippen LogP contribution is 2.19. The lowest BCUT2D eigenvalue weighted by molar-refractivity contribution is 0.0651. The van der Waals surface area contributed by atoms with Gasteiger partial charge in [-0.2, -0.15) is 5.26 Å². The monoisotopic (exact) mass is 271 g/mol. The number of rotatable bonds is 3. The van der Waals surface area contributed by atoms with Gasteiger partial charge in [-0.25, -0.2) is 4.79 Å². The highest BCUT2D eigenvalue weighted by molar-refractivity contribution is 6.04. The molecule has 0 aliphatic carbocycles. The number of hydrogen-bond acceptors (Lipinski definition) is 5. The summed E-state index contributed by atoms with van der Waals surface area (Å²) in [6.45, 7) is 1.74. The van der Waals surface area contributed by atoms with Gasteiger partial charge in [0.2, 0.25) is 5.76 Å². The predicted octanol–water partition coefficient (Wildman–Crippen LogP) is 1.81. The minimum atomic E-state index is -1.31. The van der Waals surface area contributed by atoms with Crippen molar-refractivity contribution in [1.82, 2.24) is 5.16 Å². The largest absolute Gasteiger partial charge is 0.475 e. The summed E-state index contributed by atoms with van der Waals surface area (Å²) >= 11 is 0. The van der Waals surface area contributed by atoms with Gasteiger partial charge in [-0.1, -0.05) is 17.3 Å². The van der Waals surface area contributed by atoms with E-state index in [0.29, 0.717) is 11.3 Å². The van der Waals surface area contributed by atoms with Crippen molar-refractivity contribution in [3.05, 3.63) is 46.8 Å². The number of nitrogens with one attached hydrogen (secondary N) is 1. The summed E-state index contributed by atoms with van der Waals surface area (Å²) in [7, 11) is 0. The number of anilines is 1. The lowest BCUT2D eigenvalue weighted by Gasteiger charge is -2.06. The molecule has 7 heteroatoms. The zero-order valence-corrected chi connectivity index (χ0v) is 10.4. The van der Waals surface area contributed by atoms with Gasteiger partial charge >= 0.3 is 5.97 Å². The third kappa shape index (κ3) is 2.49. The van der Waals surface area contributed by atoms with E-state index >= 15 is 0 Å². The van der Waals surface area contributed by atoms with Gasteiger partial charge in [-0.3, -0.25) is 4.79 Å². The van der Waals surface area contributed by atoms with Crippen molar-refractivity contribution in [2.24, 2.45) is 0 Å². The number of aromatic carboxylic acids is 1. The quantitative estimate of drug-likeness (QED) is 0.879. The third-order valence-electron chi connectivity index (χ3n) is 2.59. The van der Waals surface area contributed by atoms with Crippen molar-refractivity contribution in [1.29, 1.82) is 5.26 Å². The Morgan fingerprint density at radius 3 is 2.80 bits per heavy atom. The number of aryl methyl sites for hydroxylation is 1. The molecule has 0 spiro atoms. The van der Waals surface area contributed by atoms with Crippen LogP contribution in [0.3, 0.4) is 0 Å². The van der Waals surface area contributed by atoms with Crippen LogP contribution in [0.4, 0.5) is 5.69 Å². The van der Waals surface area contributed by atoms with Gasteiger partial charge in [-0.15, -0.1) is 0 Å². The fourth-order valence-electron chi connectivity index (χ4n) is 1.59. The topological polar surface area (TPSA) is 116 Å². The van der Waals surface area contributed by atoms with E-state index in [4.69, 9.17) is 10.4 Å². The molecule has 1 aromatic carbocycles. The van der Waals surface area contributed by atoms with Gasteiger partial charge in [0.15, 0.2) is 5.69 Å². The van der Waals surface area contributed by atoms with Crippen molar-refractivity contribution in [2.45, 2.75) is 6.92 Å². The fraction of sp³-hybridized carbons (Fsp3) is 0.0769. The van der Waals surface area contributed by atoms with Crippen LogP contribution in [0.2, 0.25) is 0 Å². The van der Waals surface area contributed by atoms with Crippen LogP contribution >= 0.6 is 0 Å². The van der Waals surface area contributed by atoms with Crippen LogP contribution in [0.25, 0.3) is 0 Å². The average molecular weight is 271 g/mol. The SMILES string of the molecule is Cc1cccc(NC(=O)c2cc(C(=O)O)on2)c1C#N. The molecule has 20 heavy (non-hydrogen) atoms. The number of carboxylic acid groups (broad SMARTS) is 1. The number of hydrogen-bond donors (Lipinski definition) is 2. The first-order valence-corrected chi connectivity index (χ1v) is 5.54. The maximum Gasteiger partial charge on any atom is 0.374 e. The maximum atomic E-state index is 11.9. The first-order chi connectivity index (χ1) is 9.52. The van der Waals surface area contributed by atoms with Crippen LogP contribution in [0.1, 0.15) is 32.2 Å². The minimum Gasteiger partial charge on any atom is -0.475 e. The van der Waals surface area contributed by atoms with Crippen LogP contribution in [-0.4, -0.2) is 22.1 Å². The molecular weight excluding hydrogens is 262 g/mol. The summed E-state index contributed by atoms with van der Waals surface area (Å²) in [4.78, 5) is 22.5. The Morgan fingerprint density at radius 1 is 1.45 bits per heavy atom. The van der Waals surface area contributed by atoms with Gasteiger partial charge in [0.25, 0.3) is 5.91 Å². The molecule has 0 bridgehead atoms. The predicted molar refractivity (Wildman–Crippen MR) is 67.3 cm³/mol. The Labute approximate surface area is 113 Å². The number of nitrogens with zero attached hydrogens (tertiary/aromatic N) is 2. The number of carbonyl (C=O) groups is 2. The Bertz CT molecular complexity index is 727. The normalized spacial score (nSPS) is 9.80. The molecule has 7 nitrogen and oxygen atoms in total. The second-order valence-electron chi connectivity index (χ2n) is 3.94. The molecule has 1 amide bonds. The molecule has 2 rings (SSSR count). The smallest absolute Gasteiger partial charge is 0.374 e. The number of aromatic nitrogens is 1. The molecule has 2 aromatic rings. The van der Waals surface area contributed by atoms with Crippen LogP contribution in [0.5, 0.6) is 0 Å². The highest BCUT2D eigenvalue weighted by Gasteiger charge is 2.17. The van der Waals surface area contributed by atoms with E-state index in [-0.39, 0.29) is 5.69 Å². The maximum absolute atomic E-state index is 11.9. The lowest BCUT2D eigenvalue weighted by atomic mass is 10.1. The van der Waals surface area contributed by atoms with Gasteiger partial charge in [0.05, 0.1) is 11.3 Å². The summed E-state index contributed by atoms with van der Waals surface area (Å²) in [5.41, 5.74) is 1.21. The first-order valence-electron chi connectivity index (χ1n) is 5.54. The molecule has 2 N–H and O–H groups in total. The van der Waals surface area contributed by atoms with Crippen LogP contribution in [0, 0.1) is 18.3 Å². The number of carboxylic acids is 1. The molecule has 0 saturated carbocycles. The lowest BCUT2D eigenvalue weighted by Crippen LogP contribution is -2.13. The summed E-state index contributed by atoms with van der Waals surface area (Å²) in [5.74, 6) is -2.40. The average Bonchev–Trinajstić information content (AvgIpc) is 2.89. The zero-order valence-electron chi connectivity index (χ0n) is 10.4. The second kappa shape index (κ2) is 5.24. The summed E-state index contributed by atoms with van der Waals surface area (Å²) in [6, 6.07) is 8.01. The minimum absolute atomic E-state index is 0.173.